The Labute approximate surface area is 144 Å². The SMILES string of the molecule is CCNC(=NCCCOCC)N1CCN(c2ccccc2F)CC1. The molecule has 0 atom stereocenters. The van der Waals surface area contributed by atoms with Crippen LogP contribution in [-0.2, 0) is 4.74 Å². The van der Waals surface area contributed by atoms with Crippen LogP contribution in [0, 0.1) is 5.82 Å². The number of guanidine groups is 1. The first-order valence-corrected chi connectivity index (χ1v) is 8.86. The summed E-state index contributed by atoms with van der Waals surface area (Å²) in [6.07, 6.45) is 0.928. The number of anilines is 1. The normalized spacial score (nSPS) is 15.7. The van der Waals surface area contributed by atoms with Crippen molar-refractivity contribution in [2.75, 3.05) is 57.4 Å². The van der Waals surface area contributed by atoms with Crippen LogP contribution in [0.1, 0.15) is 20.3 Å². The molecule has 24 heavy (non-hydrogen) atoms. The van der Waals surface area contributed by atoms with Crippen LogP contribution in [0.3, 0.4) is 0 Å². The summed E-state index contributed by atoms with van der Waals surface area (Å²) in [6.45, 7) is 10.5. The van der Waals surface area contributed by atoms with Crippen molar-refractivity contribution in [3.05, 3.63) is 30.1 Å². The molecule has 1 saturated heterocycles. The third-order valence-corrected chi connectivity index (χ3v) is 4.02. The molecule has 0 radical (unpaired) electrons. The maximum Gasteiger partial charge on any atom is 0.194 e. The van der Waals surface area contributed by atoms with Crippen LogP contribution in [-0.4, -0.2) is 63.3 Å². The highest BCUT2D eigenvalue weighted by Gasteiger charge is 2.21. The van der Waals surface area contributed by atoms with Gasteiger partial charge in [0.2, 0.25) is 0 Å². The zero-order chi connectivity index (χ0) is 17.2. The summed E-state index contributed by atoms with van der Waals surface area (Å²) < 4.78 is 19.3. The predicted octanol–water partition coefficient (Wildman–Crippen LogP) is 2.34. The molecule has 0 amide bonds. The molecule has 2 rings (SSSR count). The number of rotatable bonds is 7. The highest BCUT2D eigenvalue weighted by Crippen LogP contribution is 2.20. The molecule has 0 aromatic heterocycles. The van der Waals surface area contributed by atoms with Gasteiger partial charge in [-0.25, -0.2) is 4.39 Å². The highest BCUT2D eigenvalue weighted by atomic mass is 19.1. The monoisotopic (exact) mass is 336 g/mol. The van der Waals surface area contributed by atoms with E-state index in [4.69, 9.17) is 4.74 Å². The zero-order valence-electron chi connectivity index (χ0n) is 14.8. The second-order valence-electron chi connectivity index (χ2n) is 5.71. The van der Waals surface area contributed by atoms with E-state index in [0.29, 0.717) is 5.69 Å². The maximum absolute atomic E-state index is 13.9. The Morgan fingerprint density at radius 2 is 1.96 bits per heavy atom. The second-order valence-corrected chi connectivity index (χ2v) is 5.71. The van der Waals surface area contributed by atoms with Gasteiger partial charge in [-0.15, -0.1) is 0 Å². The van der Waals surface area contributed by atoms with E-state index >= 15 is 0 Å². The van der Waals surface area contributed by atoms with Crippen LogP contribution in [0.5, 0.6) is 0 Å². The Morgan fingerprint density at radius 3 is 2.62 bits per heavy atom. The van der Waals surface area contributed by atoms with Crippen molar-refractivity contribution >= 4 is 11.6 Å². The fourth-order valence-electron chi connectivity index (χ4n) is 2.79. The van der Waals surface area contributed by atoms with E-state index in [1.807, 2.05) is 19.1 Å². The summed E-state index contributed by atoms with van der Waals surface area (Å²) in [4.78, 5) is 9.04. The number of hydrogen-bond acceptors (Lipinski definition) is 3. The number of ether oxygens (including phenoxy) is 1. The smallest absolute Gasteiger partial charge is 0.194 e. The van der Waals surface area contributed by atoms with Crippen LogP contribution >= 0.6 is 0 Å². The molecule has 1 heterocycles. The van der Waals surface area contributed by atoms with E-state index in [1.165, 1.54) is 6.07 Å². The number of nitrogens with zero attached hydrogens (tertiary/aromatic N) is 3. The topological polar surface area (TPSA) is 40.1 Å². The quantitative estimate of drug-likeness (QED) is 0.471. The Bertz CT molecular complexity index is 515. The van der Waals surface area contributed by atoms with Gasteiger partial charge in [0.1, 0.15) is 5.82 Å². The van der Waals surface area contributed by atoms with Crippen LogP contribution in [0.4, 0.5) is 10.1 Å². The van der Waals surface area contributed by atoms with Crippen LogP contribution in [0.25, 0.3) is 0 Å². The summed E-state index contributed by atoms with van der Waals surface area (Å²) in [5.74, 6) is 0.796. The molecule has 0 bridgehead atoms. The Morgan fingerprint density at radius 1 is 1.21 bits per heavy atom. The zero-order valence-corrected chi connectivity index (χ0v) is 14.8. The molecule has 0 unspecified atom stereocenters. The van der Waals surface area contributed by atoms with Gasteiger partial charge in [0.25, 0.3) is 0 Å². The fourth-order valence-corrected chi connectivity index (χ4v) is 2.79. The second kappa shape index (κ2) is 10.1. The Hall–Kier alpha value is -1.82. The number of nitrogens with one attached hydrogen (secondary N) is 1. The molecule has 0 spiro atoms. The van der Waals surface area contributed by atoms with Gasteiger partial charge in [0, 0.05) is 52.5 Å². The summed E-state index contributed by atoms with van der Waals surface area (Å²) in [5.41, 5.74) is 0.691. The lowest BCUT2D eigenvalue weighted by Gasteiger charge is -2.37. The van der Waals surface area contributed by atoms with Gasteiger partial charge in [-0.2, -0.15) is 0 Å². The van der Waals surface area contributed by atoms with E-state index in [-0.39, 0.29) is 5.82 Å². The number of piperazine rings is 1. The minimum Gasteiger partial charge on any atom is -0.382 e. The van der Waals surface area contributed by atoms with Crippen molar-refractivity contribution < 1.29 is 9.13 Å². The average Bonchev–Trinajstić information content (AvgIpc) is 2.61. The molecular weight excluding hydrogens is 307 g/mol. The standard InChI is InChI=1S/C18H29FN4O/c1-3-20-18(21-10-7-15-24-4-2)23-13-11-22(12-14-23)17-9-6-5-8-16(17)19/h5-6,8-9H,3-4,7,10-15H2,1-2H3,(H,20,21). The molecule has 6 heteroatoms. The summed E-state index contributed by atoms with van der Waals surface area (Å²) in [7, 11) is 0. The first-order chi connectivity index (χ1) is 11.8. The van der Waals surface area contributed by atoms with Crippen molar-refractivity contribution in [1.29, 1.82) is 0 Å². The lowest BCUT2D eigenvalue weighted by atomic mass is 10.2. The lowest BCUT2D eigenvalue weighted by molar-refractivity contribution is 0.146. The van der Waals surface area contributed by atoms with Crippen molar-refractivity contribution in [1.82, 2.24) is 10.2 Å². The average molecular weight is 336 g/mol. The van der Waals surface area contributed by atoms with Crippen molar-refractivity contribution in [2.24, 2.45) is 4.99 Å². The Kier molecular flexibility index (Phi) is 7.82. The first-order valence-electron chi connectivity index (χ1n) is 8.86. The van der Waals surface area contributed by atoms with Crippen molar-refractivity contribution in [3.63, 3.8) is 0 Å². The molecule has 5 nitrogen and oxygen atoms in total. The van der Waals surface area contributed by atoms with Crippen LogP contribution < -0.4 is 10.2 Å². The van der Waals surface area contributed by atoms with Gasteiger partial charge < -0.3 is 19.9 Å². The molecule has 1 N–H and O–H groups in total. The molecule has 0 aliphatic carbocycles. The van der Waals surface area contributed by atoms with Gasteiger partial charge in [0.05, 0.1) is 5.69 Å². The third kappa shape index (κ3) is 5.37. The molecule has 1 fully saturated rings. The number of para-hydroxylation sites is 1. The summed E-state index contributed by atoms with van der Waals surface area (Å²) >= 11 is 0. The lowest BCUT2D eigenvalue weighted by Crippen LogP contribution is -2.52. The largest absolute Gasteiger partial charge is 0.382 e. The number of aliphatic imine (C=N–C) groups is 1. The molecule has 1 aromatic rings. The maximum atomic E-state index is 13.9. The number of halogens is 1. The van der Waals surface area contributed by atoms with E-state index in [1.54, 1.807) is 6.07 Å². The van der Waals surface area contributed by atoms with E-state index < -0.39 is 0 Å². The third-order valence-electron chi connectivity index (χ3n) is 4.02. The fraction of sp³-hybridized carbons (Fsp3) is 0.611. The van der Waals surface area contributed by atoms with E-state index in [9.17, 15) is 4.39 Å². The number of benzene rings is 1. The summed E-state index contributed by atoms with van der Waals surface area (Å²) in [6, 6.07) is 6.98. The number of hydrogen-bond donors (Lipinski definition) is 1. The minimum atomic E-state index is -0.151. The first kappa shape index (κ1) is 18.5. The molecule has 134 valence electrons. The molecular formula is C18H29FN4O. The molecule has 1 aliphatic heterocycles. The van der Waals surface area contributed by atoms with Gasteiger partial charge in [-0.05, 0) is 32.4 Å². The Balaban J connectivity index is 1.88. The van der Waals surface area contributed by atoms with Gasteiger partial charge >= 0.3 is 0 Å². The summed E-state index contributed by atoms with van der Waals surface area (Å²) in [5, 5.41) is 3.35. The van der Waals surface area contributed by atoms with E-state index in [0.717, 1.165) is 64.9 Å². The molecule has 1 aliphatic rings. The minimum absolute atomic E-state index is 0.151. The van der Waals surface area contributed by atoms with Crippen LogP contribution in [0.2, 0.25) is 0 Å². The molecule has 0 saturated carbocycles. The van der Waals surface area contributed by atoms with Gasteiger partial charge in [0.15, 0.2) is 5.96 Å². The van der Waals surface area contributed by atoms with Gasteiger partial charge in [-0.3, -0.25) is 4.99 Å². The van der Waals surface area contributed by atoms with Crippen molar-refractivity contribution in [2.45, 2.75) is 20.3 Å². The molecule has 1 aromatic carbocycles. The van der Waals surface area contributed by atoms with E-state index in [2.05, 4.69) is 27.0 Å². The van der Waals surface area contributed by atoms with Gasteiger partial charge in [-0.1, -0.05) is 12.1 Å². The van der Waals surface area contributed by atoms with Crippen molar-refractivity contribution in [3.8, 4) is 0 Å². The predicted molar refractivity (Wildman–Crippen MR) is 97.3 cm³/mol. The highest BCUT2D eigenvalue weighted by molar-refractivity contribution is 5.80. The van der Waals surface area contributed by atoms with Crippen LogP contribution in [0.15, 0.2) is 29.3 Å².